The Morgan fingerprint density at radius 2 is 2.07 bits per heavy atom. The van der Waals surface area contributed by atoms with E-state index in [0.717, 1.165) is 25.5 Å². The molecule has 0 aliphatic heterocycles. The van der Waals surface area contributed by atoms with E-state index >= 15 is 0 Å². The molecular formula is C9H18N4O. The largest absolute Gasteiger partial charge is 0.338 e. The van der Waals surface area contributed by atoms with Crippen LogP contribution in [0.1, 0.15) is 25.6 Å². The second-order valence-electron chi connectivity index (χ2n) is 3.10. The molecule has 0 amide bonds. The summed E-state index contributed by atoms with van der Waals surface area (Å²) in [6, 6.07) is 0. The van der Waals surface area contributed by atoms with E-state index in [4.69, 9.17) is 4.52 Å². The quantitative estimate of drug-likeness (QED) is 0.726. The zero-order valence-electron chi connectivity index (χ0n) is 9.08. The second-order valence-corrected chi connectivity index (χ2v) is 3.10. The predicted molar refractivity (Wildman–Crippen MR) is 53.7 cm³/mol. The molecule has 14 heavy (non-hydrogen) atoms. The Balaban J connectivity index is 2.49. The predicted octanol–water partition coefficient (Wildman–Crippen LogP) is 0.631. The number of nitrogens with zero attached hydrogens (tertiary/aromatic N) is 3. The van der Waals surface area contributed by atoms with Gasteiger partial charge in [0.2, 0.25) is 5.89 Å². The van der Waals surface area contributed by atoms with Crippen LogP contribution in [0.5, 0.6) is 0 Å². The van der Waals surface area contributed by atoms with E-state index in [2.05, 4.69) is 34.2 Å². The van der Waals surface area contributed by atoms with Gasteiger partial charge in [-0.05, 0) is 20.1 Å². The summed E-state index contributed by atoms with van der Waals surface area (Å²) >= 11 is 0. The van der Waals surface area contributed by atoms with E-state index in [-0.39, 0.29) is 0 Å². The van der Waals surface area contributed by atoms with Crippen molar-refractivity contribution >= 4 is 0 Å². The van der Waals surface area contributed by atoms with Gasteiger partial charge in [0.25, 0.3) is 0 Å². The van der Waals surface area contributed by atoms with Crippen molar-refractivity contribution in [2.24, 2.45) is 0 Å². The van der Waals surface area contributed by atoms with Crippen molar-refractivity contribution in [1.82, 2.24) is 20.4 Å². The van der Waals surface area contributed by atoms with Crippen LogP contribution in [0, 0.1) is 0 Å². The number of rotatable bonds is 6. The lowest BCUT2D eigenvalue weighted by molar-refractivity contribution is 0.246. The molecule has 1 aromatic rings. The summed E-state index contributed by atoms with van der Waals surface area (Å²) in [5, 5.41) is 6.83. The molecule has 0 saturated heterocycles. The van der Waals surface area contributed by atoms with E-state index in [1.807, 2.05) is 7.05 Å². The Morgan fingerprint density at radius 1 is 1.36 bits per heavy atom. The third-order valence-electron chi connectivity index (χ3n) is 2.10. The van der Waals surface area contributed by atoms with Gasteiger partial charge in [-0.25, -0.2) is 0 Å². The van der Waals surface area contributed by atoms with Crippen LogP contribution in [0.15, 0.2) is 4.52 Å². The van der Waals surface area contributed by atoms with Crippen LogP contribution >= 0.6 is 0 Å². The van der Waals surface area contributed by atoms with Gasteiger partial charge in [-0.2, -0.15) is 4.98 Å². The number of hydrogen-bond acceptors (Lipinski definition) is 5. The topological polar surface area (TPSA) is 54.2 Å². The van der Waals surface area contributed by atoms with Crippen LogP contribution in [0.4, 0.5) is 0 Å². The normalized spacial score (nSPS) is 11.1. The Kier molecular flexibility index (Phi) is 4.55. The van der Waals surface area contributed by atoms with Gasteiger partial charge in [0, 0.05) is 0 Å². The lowest BCUT2D eigenvalue weighted by atomic mass is 10.4. The first-order valence-electron chi connectivity index (χ1n) is 4.98. The second kappa shape index (κ2) is 5.72. The van der Waals surface area contributed by atoms with E-state index in [1.165, 1.54) is 0 Å². The summed E-state index contributed by atoms with van der Waals surface area (Å²) in [5.41, 5.74) is 0. The first kappa shape index (κ1) is 11.1. The van der Waals surface area contributed by atoms with Crippen molar-refractivity contribution in [1.29, 1.82) is 0 Å². The fourth-order valence-corrected chi connectivity index (χ4v) is 1.22. The smallest absolute Gasteiger partial charge is 0.240 e. The van der Waals surface area contributed by atoms with Crippen molar-refractivity contribution in [2.75, 3.05) is 20.1 Å². The summed E-state index contributed by atoms with van der Waals surface area (Å²) in [6.07, 6.45) is 0. The van der Waals surface area contributed by atoms with E-state index in [1.54, 1.807) is 0 Å². The van der Waals surface area contributed by atoms with Crippen molar-refractivity contribution in [3.63, 3.8) is 0 Å². The van der Waals surface area contributed by atoms with Gasteiger partial charge < -0.3 is 9.84 Å². The Labute approximate surface area is 84.5 Å². The average Bonchev–Trinajstić information content (AvgIpc) is 2.63. The molecule has 5 nitrogen and oxygen atoms in total. The zero-order valence-corrected chi connectivity index (χ0v) is 9.08. The monoisotopic (exact) mass is 198 g/mol. The number of nitrogens with one attached hydrogen (secondary N) is 1. The zero-order chi connectivity index (χ0) is 10.4. The van der Waals surface area contributed by atoms with E-state index in [0.29, 0.717) is 12.4 Å². The molecule has 0 fully saturated rings. The first-order valence-corrected chi connectivity index (χ1v) is 4.98. The van der Waals surface area contributed by atoms with Crippen LogP contribution in [0.2, 0.25) is 0 Å². The average molecular weight is 198 g/mol. The SMILES string of the molecule is CCN(CC)Cc1nc(CNC)no1. The molecule has 0 aromatic carbocycles. The van der Waals surface area contributed by atoms with Gasteiger partial charge in [0.1, 0.15) is 0 Å². The highest BCUT2D eigenvalue weighted by atomic mass is 16.5. The maximum absolute atomic E-state index is 5.11. The highest BCUT2D eigenvalue weighted by molar-refractivity contribution is 4.85. The molecule has 0 atom stereocenters. The molecule has 0 saturated carbocycles. The van der Waals surface area contributed by atoms with Crippen molar-refractivity contribution < 1.29 is 4.52 Å². The molecule has 0 aliphatic rings. The maximum Gasteiger partial charge on any atom is 0.240 e. The Morgan fingerprint density at radius 3 is 2.64 bits per heavy atom. The molecule has 1 aromatic heterocycles. The molecule has 1 N–H and O–H groups in total. The molecule has 0 aliphatic carbocycles. The van der Waals surface area contributed by atoms with Gasteiger partial charge >= 0.3 is 0 Å². The molecule has 5 heteroatoms. The molecule has 0 unspecified atom stereocenters. The van der Waals surface area contributed by atoms with Gasteiger partial charge in [-0.1, -0.05) is 19.0 Å². The summed E-state index contributed by atoms with van der Waals surface area (Å²) < 4.78 is 5.11. The minimum absolute atomic E-state index is 0.655. The lowest BCUT2D eigenvalue weighted by Crippen LogP contribution is -2.22. The Bertz CT molecular complexity index is 257. The molecule has 0 radical (unpaired) electrons. The number of aromatic nitrogens is 2. The third-order valence-corrected chi connectivity index (χ3v) is 2.10. The lowest BCUT2D eigenvalue weighted by Gasteiger charge is -2.14. The van der Waals surface area contributed by atoms with Crippen LogP contribution in [0.3, 0.4) is 0 Å². The maximum atomic E-state index is 5.11. The van der Waals surface area contributed by atoms with E-state index in [9.17, 15) is 0 Å². The van der Waals surface area contributed by atoms with Crippen LogP contribution in [-0.2, 0) is 13.1 Å². The number of hydrogen-bond donors (Lipinski definition) is 1. The van der Waals surface area contributed by atoms with Gasteiger partial charge in [-0.3, -0.25) is 4.90 Å². The Hall–Kier alpha value is -0.940. The molecule has 1 heterocycles. The fraction of sp³-hybridized carbons (Fsp3) is 0.778. The van der Waals surface area contributed by atoms with Gasteiger partial charge in [0.15, 0.2) is 5.82 Å². The standard InChI is InChI=1S/C9H18N4O/c1-4-13(5-2)7-9-11-8(6-10-3)12-14-9/h10H,4-7H2,1-3H3. The van der Waals surface area contributed by atoms with Crippen LogP contribution in [-0.4, -0.2) is 35.2 Å². The minimum atomic E-state index is 0.655. The summed E-state index contributed by atoms with van der Waals surface area (Å²) in [6.45, 7) is 7.63. The molecule has 0 spiro atoms. The minimum Gasteiger partial charge on any atom is -0.338 e. The summed E-state index contributed by atoms with van der Waals surface area (Å²) in [7, 11) is 1.86. The van der Waals surface area contributed by atoms with Gasteiger partial charge in [0.05, 0.1) is 13.1 Å². The first-order chi connectivity index (χ1) is 6.80. The molecular weight excluding hydrogens is 180 g/mol. The summed E-state index contributed by atoms with van der Waals surface area (Å²) in [5.74, 6) is 1.41. The fourth-order valence-electron chi connectivity index (χ4n) is 1.22. The van der Waals surface area contributed by atoms with Crippen LogP contribution < -0.4 is 5.32 Å². The third kappa shape index (κ3) is 3.08. The van der Waals surface area contributed by atoms with Gasteiger partial charge in [-0.15, -0.1) is 0 Å². The highest BCUT2D eigenvalue weighted by Gasteiger charge is 2.08. The molecule has 0 bridgehead atoms. The van der Waals surface area contributed by atoms with Crippen molar-refractivity contribution in [3.8, 4) is 0 Å². The van der Waals surface area contributed by atoms with E-state index < -0.39 is 0 Å². The highest BCUT2D eigenvalue weighted by Crippen LogP contribution is 2.01. The van der Waals surface area contributed by atoms with Crippen molar-refractivity contribution in [3.05, 3.63) is 11.7 Å². The van der Waals surface area contributed by atoms with Crippen molar-refractivity contribution in [2.45, 2.75) is 26.9 Å². The molecule has 1 rings (SSSR count). The molecule has 80 valence electrons. The summed E-state index contributed by atoms with van der Waals surface area (Å²) in [4.78, 5) is 6.49. The van der Waals surface area contributed by atoms with Crippen LogP contribution in [0.25, 0.3) is 0 Å².